The van der Waals surface area contributed by atoms with Crippen LogP contribution in [0, 0.1) is 6.92 Å². The van der Waals surface area contributed by atoms with E-state index in [1.807, 2.05) is 12.1 Å². The number of sulfonamides is 1. The molecule has 5 rings (SSSR count). The average molecular weight is 533 g/mol. The highest BCUT2D eigenvalue weighted by atomic mass is 32.2. The SMILES string of the molecule is Cc1c(NS(=O)(=O)c2ccc(C(=O)Nc3cnc4c(c3)CC(N)CC4)cc2)c(=O)n(-c2ccccc2)n1C. The molecule has 1 aliphatic carbocycles. The first-order valence-corrected chi connectivity index (χ1v) is 13.6. The van der Waals surface area contributed by atoms with Gasteiger partial charge in [0.15, 0.2) is 0 Å². The molecule has 1 amide bonds. The minimum atomic E-state index is -4.09. The Labute approximate surface area is 220 Å². The van der Waals surface area contributed by atoms with Crippen molar-refractivity contribution in [1.82, 2.24) is 14.3 Å². The number of hydrogen-bond acceptors (Lipinski definition) is 6. The first-order chi connectivity index (χ1) is 18.1. The Bertz CT molecular complexity index is 1680. The van der Waals surface area contributed by atoms with E-state index in [0.29, 0.717) is 23.5 Å². The molecule has 11 heteroatoms. The summed E-state index contributed by atoms with van der Waals surface area (Å²) in [4.78, 5) is 30.2. The number of aryl methyl sites for hydroxylation is 1. The van der Waals surface area contributed by atoms with Gasteiger partial charge in [0.1, 0.15) is 5.69 Å². The second-order valence-electron chi connectivity index (χ2n) is 9.35. The van der Waals surface area contributed by atoms with Crippen LogP contribution in [0.1, 0.15) is 33.7 Å². The summed E-state index contributed by atoms with van der Waals surface area (Å²) in [5.74, 6) is -0.395. The normalized spacial score (nSPS) is 15.1. The number of nitrogens with zero attached hydrogens (tertiary/aromatic N) is 3. The van der Waals surface area contributed by atoms with Crippen molar-refractivity contribution in [1.29, 1.82) is 0 Å². The lowest BCUT2D eigenvalue weighted by Gasteiger charge is -2.21. The molecular weight excluding hydrogens is 504 g/mol. The number of fused-ring (bicyclic) bond motifs is 1. The summed E-state index contributed by atoms with van der Waals surface area (Å²) in [6.07, 6.45) is 4.03. The summed E-state index contributed by atoms with van der Waals surface area (Å²) in [6.45, 7) is 1.66. The molecule has 0 saturated carbocycles. The molecule has 1 unspecified atom stereocenters. The van der Waals surface area contributed by atoms with Crippen LogP contribution in [0.2, 0.25) is 0 Å². The van der Waals surface area contributed by atoms with E-state index in [4.69, 9.17) is 5.73 Å². The van der Waals surface area contributed by atoms with Gasteiger partial charge in [-0.25, -0.2) is 13.1 Å². The van der Waals surface area contributed by atoms with Crippen molar-refractivity contribution in [3.05, 3.63) is 99.7 Å². The molecule has 0 radical (unpaired) electrons. The Balaban J connectivity index is 1.34. The smallest absolute Gasteiger partial charge is 0.296 e. The zero-order chi connectivity index (χ0) is 27.0. The molecule has 0 spiro atoms. The molecule has 0 fully saturated rings. The molecule has 2 heterocycles. The van der Waals surface area contributed by atoms with Crippen LogP contribution in [0.4, 0.5) is 11.4 Å². The molecule has 38 heavy (non-hydrogen) atoms. The van der Waals surface area contributed by atoms with Crippen LogP contribution >= 0.6 is 0 Å². The van der Waals surface area contributed by atoms with E-state index in [9.17, 15) is 18.0 Å². The Hall–Kier alpha value is -4.22. The highest BCUT2D eigenvalue weighted by Crippen LogP contribution is 2.23. The summed E-state index contributed by atoms with van der Waals surface area (Å²) in [5, 5.41) is 2.81. The Morgan fingerprint density at radius 2 is 1.82 bits per heavy atom. The van der Waals surface area contributed by atoms with Crippen molar-refractivity contribution in [3.63, 3.8) is 0 Å². The molecule has 196 valence electrons. The summed E-state index contributed by atoms with van der Waals surface area (Å²) in [6, 6.07) is 16.4. The molecule has 0 bridgehead atoms. The lowest BCUT2D eigenvalue weighted by atomic mass is 9.92. The van der Waals surface area contributed by atoms with Gasteiger partial charge in [-0.2, -0.15) is 0 Å². The standard InChI is InChI=1S/C27H28N6O4S/c1-17-25(27(35)33(32(17)2)22-6-4-3-5-7-22)31-38(36,37)23-11-8-18(9-12-23)26(34)30-21-15-19-14-20(28)10-13-24(19)29-16-21/h3-9,11-12,15-16,20,31H,10,13-14,28H2,1-2H3,(H,30,34). The maximum Gasteiger partial charge on any atom is 0.296 e. The number of rotatable bonds is 6. The largest absolute Gasteiger partial charge is 0.327 e. The van der Waals surface area contributed by atoms with Gasteiger partial charge >= 0.3 is 0 Å². The van der Waals surface area contributed by atoms with E-state index >= 15 is 0 Å². The second kappa shape index (κ2) is 9.92. The fourth-order valence-electron chi connectivity index (χ4n) is 4.58. The molecule has 10 nitrogen and oxygen atoms in total. The van der Waals surface area contributed by atoms with Crippen molar-refractivity contribution in [3.8, 4) is 5.69 Å². The number of amides is 1. The third-order valence-corrected chi connectivity index (χ3v) is 8.13. The summed E-state index contributed by atoms with van der Waals surface area (Å²) in [7, 11) is -2.41. The Morgan fingerprint density at radius 3 is 2.53 bits per heavy atom. The summed E-state index contributed by atoms with van der Waals surface area (Å²) >= 11 is 0. The van der Waals surface area contributed by atoms with Crippen LogP contribution in [0.3, 0.4) is 0 Å². The molecule has 2 aromatic carbocycles. The van der Waals surface area contributed by atoms with Gasteiger partial charge in [-0.15, -0.1) is 0 Å². The summed E-state index contributed by atoms with van der Waals surface area (Å²) in [5.41, 5.74) is 9.44. The summed E-state index contributed by atoms with van der Waals surface area (Å²) < 4.78 is 31.6. The maximum atomic E-state index is 13.1. The highest BCUT2D eigenvalue weighted by Gasteiger charge is 2.23. The second-order valence-corrected chi connectivity index (χ2v) is 11.0. The van der Waals surface area contributed by atoms with Gasteiger partial charge in [0.25, 0.3) is 21.5 Å². The van der Waals surface area contributed by atoms with Gasteiger partial charge < -0.3 is 11.1 Å². The maximum absolute atomic E-state index is 13.1. The van der Waals surface area contributed by atoms with E-state index in [1.54, 1.807) is 49.1 Å². The lowest BCUT2D eigenvalue weighted by Crippen LogP contribution is -2.28. The third kappa shape index (κ3) is 4.85. The van der Waals surface area contributed by atoms with Crippen LogP contribution in [-0.2, 0) is 29.9 Å². The molecule has 4 aromatic rings. The van der Waals surface area contributed by atoms with Gasteiger partial charge in [0.05, 0.1) is 28.2 Å². The van der Waals surface area contributed by atoms with Crippen LogP contribution in [-0.4, -0.2) is 34.7 Å². The van der Waals surface area contributed by atoms with Crippen LogP contribution in [0.25, 0.3) is 5.69 Å². The molecule has 2 aromatic heterocycles. The van der Waals surface area contributed by atoms with Crippen molar-refractivity contribution in [2.24, 2.45) is 12.8 Å². The van der Waals surface area contributed by atoms with Gasteiger partial charge in [-0.1, -0.05) is 18.2 Å². The van der Waals surface area contributed by atoms with Crippen LogP contribution in [0.5, 0.6) is 0 Å². The van der Waals surface area contributed by atoms with E-state index in [0.717, 1.165) is 24.1 Å². The Kier molecular flexibility index (Phi) is 6.64. The number of nitrogens with two attached hydrogens (primary N) is 1. The predicted octanol–water partition coefficient (Wildman–Crippen LogP) is 2.75. The predicted molar refractivity (Wildman–Crippen MR) is 145 cm³/mol. The van der Waals surface area contributed by atoms with E-state index in [-0.39, 0.29) is 22.2 Å². The number of benzene rings is 2. The zero-order valence-corrected chi connectivity index (χ0v) is 21.8. The van der Waals surface area contributed by atoms with Gasteiger partial charge in [-0.05, 0) is 74.2 Å². The lowest BCUT2D eigenvalue weighted by molar-refractivity contribution is 0.102. The number of carbonyl (C=O) groups is 1. The van der Waals surface area contributed by atoms with Gasteiger partial charge in [-0.3, -0.25) is 24.0 Å². The van der Waals surface area contributed by atoms with Gasteiger partial charge in [0.2, 0.25) is 0 Å². The number of para-hydroxylation sites is 1. The van der Waals surface area contributed by atoms with Crippen molar-refractivity contribution < 1.29 is 13.2 Å². The minimum absolute atomic E-state index is 0.0437. The number of nitrogens with one attached hydrogen (secondary N) is 2. The number of pyridine rings is 1. The zero-order valence-electron chi connectivity index (χ0n) is 21.0. The van der Waals surface area contributed by atoms with E-state index in [1.165, 1.54) is 28.9 Å². The first kappa shape index (κ1) is 25.4. The highest BCUT2D eigenvalue weighted by molar-refractivity contribution is 7.92. The third-order valence-electron chi connectivity index (χ3n) is 6.77. The molecule has 4 N–H and O–H groups in total. The molecule has 1 aliphatic rings. The number of carbonyl (C=O) groups excluding carboxylic acids is 1. The molecular formula is C27H28N6O4S. The number of anilines is 2. The fraction of sp³-hybridized carbons (Fsp3) is 0.222. The quantitative estimate of drug-likeness (QED) is 0.349. The first-order valence-electron chi connectivity index (χ1n) is 12.2. The Morgan fingerprint density at radius 1 is 1.11 bits per heavy atom. The van der Waals surface area contributed by atoms with Crippen molar-refractivity contribution in [2.75, 3.05) is 10.0 Å². The molecule has 0 aliphatic heterocycles. The van der Waals surface area contributed by atoms with E-state index in [2.05, 4.69) is 15.0 Å². The molecule has 1 atom stereocenters. The van der Waals surface area contributed by atoms with Crippen LogP contribution in [0.15, 0.2) is 76.6 Å². The number of aromatic nitrogens is 3. The van der Waals surface area contributed by atoms with Crippen LogP contribution < -0.4 is 21.3 Å². The van der Waals surface area contributed by atoms with Crippen molar-refractivity contribution in [2.45, 2.75) is 37.1 Å². The topological polar surface area (TPSA) is 141 Å². The monoisotopic (exact) mass is 532 g/mol. The average Bonchev–Trinajstić information content (AvgIpc) is 3.11. The van der Waals surface area contributed by atoms with Crippen molar-refractivity contribution >= 4 is 27.3 Å². The molecule has 0 saturated heterocycles. The van der Waals surface area contributed by atoms with E-state index < -0.39 is 21.5 Å². The number of hydrogen-bond donors (Lipinski definition) is 3. The van der Waals surface area contributed by atoms with Gasteiger partial charge in [0, 0.05) is 24.3 Å². The minimum Gasteiger partial charge on any atom is -0.327 e. The fourth-order valence-corrected chi connectivity index (χ4v) is 5.70.